The van der Waals surface area contributed by atoms with Crippen LogP contribution in [-0.2, 0) is 8.85 Å². The molecular formula is C20H42O4Si2. The standard InChI is InChI=1S/C20H42O4Si2/c1-15-16(23-25(8,9)18(2,3)4)12-20(22,14-21)13-17(15)24-26(10,11)19(5,6)7/h16-17,21-22H,1,12-14H2,2-11H3. The van der Waals surface area contributed by atoms with Crippen LogP contribution in [0.25, 0.3) is 0 Å². The summed E-state index contributed by atoms with van der Waals surface area (Å²) >= 11 is 0. The minimum absolute atomic E-state index is 0.0673. The normalized spacial score (nSPS) is 29.2. The van der Waals surface area contributed by atoms with E-state index in [0.717, 1.165) is 5.57 Å². The van der Waals surface area contributed by atoms with E-state index in [4.69, 9.17) is 8.85 Å². The SMILES string of the molecule is C=C1C(O[Si](C)(C)C(C)(C)C)CC(O)(CO)CC1O[Si](C)(C)C(C)(C)C. The van der Waals surface area contributed by atoms with Gasteiger partial charge in [0.1, 0.15) is 0 Å². The maximum atomic E-state index is 10.9. The molecule has 0 aromatic rings. The molecule has 26 heavy (non-hydrogen) atoms. The van der Waals surface area contributed by atoms with Gasteiger partial charge in [0, 0.05) is 12.8 Å². The lowest BCUT2D eigenvalue weighted by Crippen LogP contribution is -2.55. The van der Waals surface area contributed by atoms with Crippen molar-refractivity contribution in [2.24, 2.45) is 0 Å². The number of rotatable bonds is 5. The molecular weight excluding hydrogens is 360 g/mol. The molecule has 0 aliphatic heterocycles. The van der Waals surface area contributed by atoms with Gasteiger partial charge in [-0.2, -0.15) is 0 Å². The molecule has 1 saturated carbocycles. The highest BCUT2D eigenvalue weighted by Crippen LogP contribution is 2.45. The average molecular weight is 403 g/mol. The zero-order chi connectivity index (χ0) is 20.8. The molecule has 0 aromatic heterocycles. The first-order chi connectivity index (χ1) is 11.4. The van der Waals surface area contributed by atoms with Crippen molar-refractivity contribution in [2.45, 2.75) is 108 Å². The second-order valence-corrected chi connectivity index (χ2v) is 20.6. The molecule has 6 heteroatoms. The second-order valence-electron chi connectivity index (χ2n) is 11.1. The van der Waals surface area contributed by atoms with E-state index >= 15 is 0 Å². The van der Waals surface area contributed by atoms with Crippen molar-refractivity contribution in [2.75, 3.05) is 6.61 Å². The van der Waals surface area contributed by atoms with Crippen molar-refractivity contribution in [3.63, 3.8) is 0 Å². The lowest BCUT2D eigenvalue weighted by Gasteiger charge is -2.49. The van der Waals surface area contributed by atoms with E-state index in [9.17, 15) is 10.2 Å². The van der Waals surface area contributed by atoms with Gasteiger partial charge in [-0.3, -0.25) is 0 Å². The van der Waals surface area contributed by atoms with E-state index < -0.39 is 22.2 Å². The molecule has 2 unspecified atom stereocenters. The maximum Gasteiger partial charge on any atom is 0.192 e. The lowest BCUT2D eigenvalue weighted by atomic mass is 9.79. The van der Waals surface area contributed by atoms with Crippen LogP contribution >= 0.6 is 0 Å². The van der Waals surface area contributed by atoms with Crippen LogP contribution in [0, 0.1) is 0 Å². The fourth-order valence-electron chi connectivity index (χ4n) is 2.67. The van der Waals surface area contributed by atoms with Gasteiger partial charge in [-0.25, -0.2) is 0 Å². The Morgan fingerprint density at radius 3 is 1.46 bits per heavy atom. The Hall–Kier alpha value is 0.0138. The van der Waals surface area contributed by atoms with E-state index in [1.807, 2.05) is 0 Å². The number of aliphatic hydroxyl groups excluding tert-OH is 1. The summed E-state index contributed by atoms with van der Waals surface area (Å²) in [5.41, 5.74) is -0.265. The van der Waals surface area contributed by atoms with Gasteiger partial charge in [-0.05, 0) is 41.8 Å². The summed E-state index contributed by atoms with van der Waals surface area (Å²) in [7, 11) is -4.06. The summed E-state index contributed by atoms with van der Waals surface area (Å²) in [5.74, 6) is 0. The van der Waals surface area contributed by atoms with Gasteiger partial charge in [0.2, 0.25) is 0 Å². The molecule has 0 amide bonds. The molecule has 0 spiro atoms. The third-order valence-corrected chi connectivity index (χ3v) is 15.7. The molecule has 0 aromatic carbocycles. The summed E-state index contributed by atoms with van der Waals surface area (Å²) in [6.45, 7) is 26.1. The Balaban J connectivity index is 3.13. The van der Waals surface area contributed by atoms with Crippen LogP contribution in [0.1, 0.15) is 54.4 Å². The Morgan fingerprint density at radius 1 is 0.923 bits per heavy atom. The first-order valence-corrected chi connectivity index (χ1v) is 15.5. The summed E-state index contributed by atoms with van der Waals surface area (Å²) in [5, 5.41) is 20.9. The van der Waals surface area contributed by atoms with E-state index in [1.54, 1.807) is 0 Å². The monoisotopic (exact) mass is 402 g/mol. The minimum atomic E-state index is -2.03. The van der Waals surface area contributed by atoms with Gasteiger partial charge in [0.25, 0.3) is 0 Å². The van der Waals surface area contributed by atoms with Crippen molar-refractivity contribution < 1.29 is 19.1 Å². The van der Waals surface area contributed by atoms with Gasteiger partial charge in [-0.15, -0.1) is 0 Å². The summed E-state index contributed by atoms with van der Waals surface area (Å²) in [6, 6.07) is 0. The average Bonchev–Trinajstić information content (AvgIpc) is 2.41. The lowest BCUT2D eigenvalue weighted by molar-refractivity contribution is -0.0852. The third-order valence-electron chi connectivity index (χ3n) is 6.74. The Morgan fingerprint density at radius 2 is 1.23 bits per heavy atom. The van der Waals surface area contributed by atoms with Gasteiger partial charge in [0.15, 0.2) is 16.6 Å². The predicted molar refractivity (Wildman–Crippen MR) is 115 cm³/mol. The number of hydrogen-bond donors (Lipinski definition) is 2. The summed E-state index contributed by atoms with van der Waals surface area (Å²) < 4.78 is 13.2. The first kappa shape index (κ1) is 24.1. The van der Waals surface area contributed by atoms with Crippen LogP contribution in [-0.4, -0.2) is 51.3 Å². The number of aliphatic hydroxyl groups is 2. The molecule has 1 aliphatic rings. The maximum absolute atomic E-state index is 10.9. The fourth-order valence-corrected chi connectivity index (χ4v) is 5.27. The molecule has 4 nitrogen and oxygen atoms in total. The van der Waals surface area contributed by atoms with Crippen molar-refractivity contribution in [1.29, 1.82) is 0 Å². The Bertz CT molecular complexity index is 475. The highest BCUT2D eigenvalue weighted by Gasteiger charge is 2.49. The molecule has 0 radical (unpaired) electrons. The van der Waals surface area contributed by atoms with Crippen LogP contribution in [0.2, 0.25) is 36.3 Å². The smallest absolute Gasteiger partial charge is 0.192 e. The molecule has 2 atom stereocenters. The zero-order valence-corrected chi connectivity index (χ0v) is 20.7. The molecule has 1 aliphatic carbocycles. The van der Waals surface area contributed by atoms with Gasteiger partial charge >= 0.3 is 0 Å². The Kier molecular flexibility index (Phi) is 6.89. The van der Waals surface area contributed by atoms with Crippen molar-refractivity contribution >= 4 is 16.6 Å². The van der Waals surface area contributed by atoms with E-state index in [1.165, 1.54) is 0 Å². The number of hydrogen-bond acceptors (Lipinski definition) is 4. The highest BCUT2D eigenvalue weighted by molar-refractivity contribution is 6.74. The molecule has 0 heterocycles. The molecule has 154 valence electrons. The fraction of sp³-hybridized carbons (Fsp3) is 0.900. The quantitative estimate of drug-likeness (QED) is 0.510. The third kappa shape index (κ3) is 5.29. The second kappa shape index (κ2) is 7.45. The minimum Gasteiger partial charge on any atom is -0.410 e. The van der Waals surface area contributed by atoms with Crippen LogP contribution in [0.15, 0.2) is 12.2 Å². The highest BCUT2D eigenvalue weighted by atomic mass is 28.4. The molecule has 0 bridgehead atoms. The van der Waals surface area contributed by atoms with Crippen LogP contribution in [0.4, 0.5) is 0 Å². The largest absolute Gasteiger partial charge is 0.410 e. The first-order valence-electron chi connectivity index (χ1n) is 9.73. The van der Waals surface area contributed by atoms with Crippen molar-refractivity contribution in [3.8, 4) is 0 Å². The summed E-state index contributed by atoms with van der Waals surface area (Å²) in [4.78, 5) is 0. The van der Waals surface area contributed by atoms with E-state index in [-0.39, 0.29) is 28.9 Å². The van der Waals surface area contributed by atoms with E-state index in [2.05, 4.69) is 74.3 Å². The van der Waals surface area contributed by atoms with Crippen molar-refractivity contribution in [1.82, 2.24) is 0 Å². The molecule has 0 saturated heterocycles. The molecule has 1 fully saturated rings. The van der Waals surface area contributed by atoms with Gasteiger partial charge < -0.3 is 19.1 Å². The van der Waals surface area contributed by atoms with Crippen molar-refractivity contribution in [3.05, 3.63) is 12.2 Å². The predicted octanol–water partition coefficient (Wildman–Crippen LogP) is 4.84. The van der Waals surface area contributed by atoms with Crippen LogP contribution in [0.3, 0.4) is 0 Å². The topological polar surface area (TPSA) is 58.9 Å². The van der Waals surface area contributed by atoms with Crippen LogP contribution < -0.4 is 0 Å². The molecule has 2 N–H and O–H groups in total. The van der Waals surface area contributed by atoms with E-state index in [0.29, 0.717) is 12.8 Å². The van der Waals surface area contributed by atoms with Gasteiger partial charge in [-0.1, -0.05) is 48.1 Å². The van der Waals surface area contributed by atoms with Gasteiger partial charge in [0.05, 0.1) is 24.4 Å². The Labute approximate surface area is 163 Å². The zero-order valence-electron chi connectivity index (χ0n) is 18.7. The summed E-state index contributed by atoms with van der Waals surface area (Å²) in [6.07, 6.45) is 0.200. The van der Waals surface area contributed by atoms with Crippen LogP contribution in [0.5, 0.6) is 0 Å². The molecule has 1 rings (SSSR count).